The van der Waals surface area contributed by atoms with Crippen LogP contribution < -0.4 is 4.74 Å². The fourth-order valence-electron chi connectivity index (χ4n) is 1.39. The minimum atomic E-state index is -4.73. The van der Waals surface area contributed by atoms with Crippen molar-refractivity contribution < 1.29 is 36.6 Å². The Morgan fingerprint density at radius 2 is 1.90 bits per heavy atom. The molecule has 0 aliphatic heterocycles. The molecule has 4 nitrogen and oxygen atoms in total. The van der Waals surface area contributed by atoms with E-state index in [0.717, 1.165) is 18.2 Å². The Labute approximate surface area is 109 Å². The van der Waals surface area contributed by atoms with Gasteiger partial charge in [0.2, 0.25) is 5.76 Å². The summed E-state index contributed by atoms with van der Waals surface area (Å²) >= 11 is 0. The van der Waals surface area contributed by atoms with E-state index in [1.807, 2.05) is 0 Å². The first-order valence-corrected chi connectivity index (χ1v) is 5.14. The van der Waals surface area contributed by atoms with Gasteiger partial charge in [-0.05, 0) is 18.2 Å². The molecule has 1 aromatic carbocycles. The van der Waals surface area contributed by atoms with Gasteiger partial charge in [0.05, 0.1) is 5.56 Å². The van der Waals surface area contributed by atoms with Crippen LogP contribution in [0.2, 0.25) is 0 Å². The van der Waals surface area contributed by atoms with Crippen LogP contribution in [0, 0.1) is 5.82 Å². The van der Waals surface area contributed by atoms with Crippen molar-refractivity contribution in [3.63, 3.8) is 0 Å². The third-order valence-electron chi connectivity index (χ3n) is 2.21. The molecule has 0 atom stereocenters. The summed E-state index contributed by atoms with van der Waals surface area (Å²) in [6.45, 7) is 0. The molecule has 0 fully saturated rings. The van der Waals surface area contributed by atoms with E-state index in [1.165, 1.54) is 0 Å². The quantitative estimate of drug-likeness (QED) is 0.870. The lowest BCUT2D eigenvalue weighted by atomic mass is 10.2. The summed E-state index contributed by atoms with van der Waals surface area (Å²) in [6, 6.07) is 3.77. The summed E-state index contributed by atoms with van der Waals surface area (Å²) in [4.78, 5) is 10.5. The summed E-state index contributed by atoms with van der Waals surface area (Å²) in [5.74, 6) is -3.77. The highest BCUT2D eigenvalue weighted by Gasteiger charge is 2.31. The zero-order valence-electron chi connectivity index (χ0n) is 9.57. The van der Waals surface area contributed by atoms with Crippen molar-refractivity contribution >= 4 is 5.97 Å². The smallest absolute Gasteiger partial charge is 0.416 e. The number of ether oxygens (including phenoxy) is 1. The second-order valence-electron chi connectivity index (χ2n) is 3.70. The normalized spacial score (nSPS) is 11.4. The third kappa shape index (κ3) is 3.08. The van der Waals surface area contributed by atoms with Gasteiger partial charge in [0.15, 0.2) is 0 Å². The molecule has 8 heteroatoms. The van der Waals surface area contributed by atoms with Crippen molar-refractivity contribution in [1.29, 1.82) is 0 Å². The number of furan rings is 1. The average Bonchev–Trinajstić information content (AvgIpc) is 2.75. The maximum absolute atomic E-state index is 13.1. The van der Waals surface area contributed by atoms with Crippen LogP contribution in [0.3, 0.4) is 0 Å². The van der Waals surface area contributed by atoms with E-state index >= 15 is 0 Å². The predicted octanol–water partition coefficient (Wildman–Crippen LogP) is 3.93. The highest BCUT2D eigenvalue weighted by molar-refractivity contribution is 5.84. The molecule has 1 aromatic heterocycles. The Balaban J connectivity index is 2.28. The average molecular weight is 290 g/mol. The van der Waals surface area contributed by atoms with Gasteiger partial charge in [-0.1, -0.05) is 0 Å². The second kappa shape index (κ2) is 4.87. The number of hydrogen-bond donors (Lipinski definition) is 1. The lowest BCUT2D eigenvalue weighted by molar-refractivity contribution is -0.137. The molecule has 1 N–H and O–H groups in total. The molecule has 0 saturated heterocycles. The molecule has 0 bridgehead atoms. The lowest BCUT2D eigenvalue weighted by Crippen LogP contribution is -2.05. The summed E-state index contributed by atoms with van der Waals surface area (Å²) in [5.41, 5.74) is -1.22. The topological polar surface area (TPSA) is 59.7 Å². The fraction of sp³-hybridized carbons (Fsp3) is 0.0833. The second-order valence-corrected chi connectivity index (χ2v) is 3.70. The molecule has 0 saturated carbocycles. The van der Waals surface area contributed by atoms with Crippen molar-refractivity contribution in [2.24, 2.45) is 0 Å². The molecule has 0 amide bonds. The third-order valence-corrected chi connectivity index (χ3v) is 2.21. The molecular weight excluding hydrogens is 284 g/mol. The molecular formula is C12H6F4O4. The Morgan fingerprint density at radius 1 is 1.20 bits per heavy atom. The van der Waals surface area contributed by atoms with E-state index in [9.17, 15) is 22.4 Å². The van der Waals surface area contributed by atoms with Crippen LogP contribution in [0.4, 0.5) is 17.6 Å². The predicted molar refractivity (Wildman–Crippen MR) is 57.1 cm³/mol. The molecule has 0 unspecified atom stereocenters. The monoisotopic (exact) mass is 290 g/mol. The van der Waals surface area contributed by atoms with Gasteiger partial charge >= 0.3 is 12.1 Å². The molecule has 2 aromatic rings. The van der Waals surface area contributed by atoms with E-state index in [1.54, 1.807) is 0 Å². The lowest BCUT2D eigenvalue weighted by Gasteiger charge is -2.09. The van der Waals surface area contributed by atoms with Crippen molar-refractivity contribution in [1.82, 2.24) is 0 Å². The fourth-order valence-corrected chi connectivity index (χ4v) is 1.39. The minimum Gasteiger partial charge on any atom is -0.475 e. The van der Waals surface area contributed by atoms with Crippen molar-refractivity contribution in [2.45, 2.75) is 6.18 Å². The highest BCUT2D eigenvalue weighted by Crippen LogP contribution is 2.34. The summed E-state index contributed by atoms with van der Waals surface area (Å²) in [5, 5.41) is 8.60. The Morgan fingerprint density at radius 3 is 2.45 bits per heavy atom. The van der Waals surface area contributed by atoms with Gasteiger partial charge in [0.25, 0.3) is 5.95 Å². The number of aromatic carboxylic acids is 1. The van der Waals surface area contributed by atoms with Gasteiger partial charge in [0.1, 0.15) is 11.6 Å². The summed E-state index contributed by atoms with van der Waals surface area (Å²) in [6.07, 6.45) is -4.73. The molecule has 0 radical (unpaired) electrons. The number of benzene rings is 1. The largest absolute Gasteiger partial charge is 0.475 e. The van der Waals surface area contributed by atoms with Gasteiger partial charge in [-0.3, -0.25) is 0 Å². The molecule has 0 aliphatic carbocycles. The van der Waals surface area contributed by atoms with E-state index in [2.05, 4.69) is 4.42 Å². The molecule has 0 aliphatic rings. The first-order valence-electron chi connectivity index (χ1n) is 5.14. The van der Waals surface area contributed by atoms with Gasteiger partial charge in [-0.15, -0.1) is 0 Å². The van der Waals surface area contributed by atoms with Gasteiger partial charge < -0.3 is 14.3 Å². The van der Waals surface area contributed by atoms with Gasteiger partial charge in [-0.25, -0.2) is 9.18 Å². The van der Waals surface area contributed by atoms with Crippen LogP contribution in [-0.4, -0.2) is 11.1 Å². The summed E-state index contributed by atoms with van der Waals surface area (Å²) < 4.78 is 60.1. The van der Waals surface area contributed by atoms with E-state index < -0.39 is 35.0 Å². The number of hydrogen-bond acceptors (Lipinski definition) is 3. The van der Waals surface area contributed by atoms with Crippen LogP contribution in [0.25, 0.3) is 0 Å². The van der Waals surface area contributed by atoms with Crippen LogP contribution in [0.1, 0.15) is 16.1 Å². The standard InChI is InChI=1S/C12H6F4O4/c13-7-3-6(12(14,15)16)4-8(5-7)19-10-2-1-9(20-10)11(17)18/h1-5H,(H,17,18). The molecule has 2 rings (SSSR count). The van der Waals surface area contributed by atoms with Crippen molar-refractivity contribution in [3.05, 3.63) is 47.5 Å². The van der Waals surface area contributed by atoms with Crippen molar-refractivity contribution in [2.75, 3.05) is 0 Å². The Hall–Kier alpha value is -2.51. The van der Waals surface area contributed by atoms with Crippen LogP contribution in [-0.2, 0) is 6.18 Å². The number of carboxylic acid groups (broad SMARTS) is 1. The number of halogens is 4. The number of carbonyl (C=O) groups is 1. The van der Waals surface area contributed by atoms with E-state index in [-0.39, 0.29) is 5.95 Å². The van der Waals surface area contributed by atoms with Gasteiger partial charge in [0, 0.05) is 12.1 Å². The SMILES string of the molecule is O=C(O)c1ccc(Oc2cc(F)cc(C(F)(F)F)c2)o1. The first-order chi connectivity index (χ1) is 9.25. The Kier molecular flexibility index (Phi) is 3.39. The Bertz CT molecular complexity index is 645. The number of rotatable bonds is 3. The molecule has 20 heavy (non-hydrogen) atoms. The first kappa shape index (κ1) is 13.9. The number of alkyl halides is 3. The van der Waals surface area contributed by atoms with Crippen molar-refractivity contribution in [3.8, 4) is 11.7 Å². The van der Waals surface area contributed by atoms with E-state index in [0.29, 0.717) is 12.1 Å². The van der Waals surface area contributed by atoms with Crippen LogP contribution in [0.5, 0.6) is 11.7 Å². The minimum absolute atomic E-state index is 0.317. The summed E-state index contributed by atoms with van der Waals surface area (Å²) in [7, 11) is 0. The maximum Gasteiger partial charge on any atom is 0.416 e. The van der Waals surface area contributed by atoms with Crippen LogP contribution >= 0.6 is 0 Å². The van der Waals surface area contributed by atoms with E-state index in [4.69, 9.17) is 9.84 Å². The maximum atomic E-state index is 13.1. The van der Waals surface area contributed by atoms with Gasteiger partial charge in [-0.2, -0.15) is 13.2 Å². The zero-order chi connectivity index (χ0) is 14.9. The zero-order valence-corrected chi connectivity index (χ0v) is 9.57. The molecule has 0 spiro atoms. The highest BCUT2D eigenvalue weighted by atomic mass is 19.4. The van der Waals surface area contributed by atoms with Crippen LogP contribution in [0.15, 0.2) is 34.7 Å². The molecule has 106 valence electrons. The number of carboxylic acids is 1. The molecule has 1 heterocycles.